The lowest BCUT2D eigenvalue weighted by Gasteiger charge is -2.43. The highest BCUT2D eigenvalue weighted by Crippen LogP contribution is 2.38. The second-order valence-corrected chi connectivity index (χ2v) is 7.35. The van der Waals surface area contributed by atoms with Gasteiger partial charge in [-0.05, 0) is 45.0 Å². The maximum absolute atomic E-state index is 13.7. The third-order valence-corrected chi connectivity index (χ3v) is 5.75. The highest BCUT2D eigenvalue weighted by molar-refractivity contribution is 5.89. The van der Waals surface area contributed by atoms with Gasteiger partial charge in [-0.3, -0.25) is 4.79 Å². The van der Waals surface area contributed by atoms with Crippen molar-refractivity contribution in [2.45, 2.75) is 50.5 Å². The summed E-state index contributed by atoms with van der Waals surface area (Å²) < 4.78 is 0. The summed E-state index contributed by atoms with van der Waals surface area (Å²) in [7, 11) is 2.15. The molecule has 1 atom stereocenters. The zero-order valence-corrected chi connectivity index (χ0v) is 15.1. The largest absolute Gasteiger partial charge is 0.332 e. The molecule has 3 rings (SSSR count). The number of likely N-dealkylation sites (tertiary alicyclic amines) is 1. The van der Waals surface area contributed by atoms with Crippen LogP contribution in [0.5, 0.6) is 0 Å². The lowest BCUT2D eigenvalue weighted by atomic mass is 9.71. The van der Waals surface area contributed by atoms with E-state index >= 15 is 0 Å². The van der Waals surface area contributed by atoms with Crippen LogP contribution in [0.4, 0.5) is 0 Å². The van der Waals surface area contributed by atoms with E-state index in [1.165, 1.54) is 18.4 Å². The first kappa shape index (κ1) is 17.2. The van der Waals surface area contributed by atoms with Crippen LogP contribution >= 0.6 is 0 Å². The molecule has 1 aromatic carbocycles. The Morgan fingerprint density at radius 3 is 2.58 bits per heavy atom. The van der Waals surface area contributed by atoms with Crippen LogP contribution in [0.25, 0.3) is 0 Å². The Hall–Kier alpha value is -1.61. The third kappa shape index (κ3) is 3.27. The van der Waals surface area contributed by atoms with Crippen LogP contribution in [0.3, 0.4) is 0 Å². The van der Waals surface area contributed by atoms with Gasteiger partial charge in [0.25, 0.3) is 0 Å². The standard InChI is InChI=1S/C21H30N2O/c1-3-4-11-19-12-8-15-23(19)20(24)21(13-16-22(2)17-14-21)18-9-6-5-7-10-18/h5-10,12,19H,3-4,11,13-17H2,1-2H3. The molecule has 130 valence electrons. The highest BCUT2D eigenvalue weighted by Gasteiger charge is 2.45. The van der Waals surface area contributed by atoms with Crippen LogP contribution in [-0.4, -0.2) is 48.4 Å². The van der Waals surface area contributed by atoms with Crippen molar-refractivity contribution in [3.63, 3.8) is 0 Å². The number of carbonyl (C=O) groups excluding carboxylic acids is 1. The number of unbranched alkanes of at least 4 members (excludes halogenated alkanes) is 1. The first-order valence-electron chi connectivity index (χ1n) is 9.39. The van der Waals surface area contributed by atoms with Crippen molar-refractivity contribution in [3.8, 4) is 0 Å². The normalized spacial score (nSPS) is 23.6. The van der Waals surface area contributed by atoms with Gasteiger partial charge >= 0.3 is 0 Å². The predicted octanol–water partition coefficient (Wildman–Crippen LogP) is 3.61. The van der Waals surface area contributed by atoms with E-state index in [0.29, 0.717) is 5.91 Å². The Labute approximate surface area is 146 Å². The molecule has 0 aromatic heterocycles. The van der Waals surface area contributed by atoms with Crippen molar-refractivity contribution in [3.05, 3.63) is 48.0 Å². The van der Waals surface area contributed by atoms with Crippen molar-refractivity contribution in [1.29, 1.82) is 0 Å². The molecule has 1 unspecified atom stereocenters. The van der Waals surface area contributed by atoms with Crippen molar-refractivity contribution in [2.24, 2.45) is 0 Å². The molecule has 0 aliphatic carbocycles. The number of hydrogen-bond acceptors (Lipinski definition) is 2. The Kier molecular flexibility index (Phi) is 5.40. The van der Waals surface area contributed by atoms with E-state index in [4.69, 9.17) is 0 Å². The summed E-state index contributed by atoms with van der Waals surface area (Å²) in [6, 6.07) is 10.8. The van der Waals surface area contributed by atoms with Crippen LogP contribution in [-0.2, 0) is 10.2 Å². The van der Waals surface area contributed by atoms with Crippen molar-refractivity contribution >= 4 is 5.91 Å². The molecule has 2 heterocycles. The molecule has 1 saturated heterocycles. The quantitative estimate of drug-likeness (QED) is 0.772. The molecule has 0 saturated carbocycles. The zero-order valence-electron chi connectivity index (χ0n) is 15.1. The predicted molar refractivity (Wildman–Crippen MR) is 99.0 cm³/mol. The monoisotopic (exact) mass is 326 g/mol. The van der Waals surface area contributed by atoms with Gasteiger partial charge in [0.15, 0.2) is 0 Å². The molecule has 0 N–H and O–H groups in total. The van der Waals surface area contributed by atoms with Gasteiger partial charge in [-0.2, -0.15) is 0 Å². The van der Waals surface area contributed by atoms with E-state index < -0.39 is 0 Å². The molecule has 0 radical (unpaired) electrons. The van der Waals surface area contributed by atoms with E-state index in [-0.39, 0.29) is 11.5 Å². The van der Waals surface area contributed by atoms with E-state index in [2.05, 4.69) is 60.2 Å². The van der Waals surface area contributed by atoms with Gasteiger partial charge in [-0.1, -0.05) is 62.2 Å². The molecule has 1 fully saturated rings. The van der Waals surface area contributed by atoms with E-state index in [0.717, 1.165) is 38.9 Å². The number of piperidine rings is 1. The minimum absolute atomic E-state index is 0.290. The second-order valence-electron chi connectivity index (χ2n) is 7.35. The van der Waals surface area contributed by atoms with Crippen LogP contribution in [0.1, 0.15) is 44.6 Å². The maximum atomic E-state index is 13.7. The minimum Gasteiger partial charge on any atom is -0.332 e. The summed E-state index contributed by atoms with van der Waals surface area (Å²) >= 11 is 0. The highest BCUT2D eigenvalue weighted by atomic mass is 16.2. The summed E-state index contributed by atoms with van der Waals surface area (Å²) in [5, 5.41) is 0. The molecule has 1 amide bonds. The number of amides is 1. The minimum atomic E-state index is -0.343. The van der Waals surface area contributed by atoms with Gasteiger partial charge in [0.1, 0.15) is 0 Å². The Morgan fingerprint density at radius 1 is 1.21 bits per heavy atom. The summed E-state index contributed by atoms with van der Waals surface area (Å²) in [5.74, 6) is 0.341. The van der Waals surface area contributed by atoms with Gasteiger partial charge in [0.2, 0.25) is 5.91 Å². The topological polar surface area (TPSA) is 23.6 Å². The lowest BCUT2D eigenvalue weighted by Crippen LogP contribution is -2.53. The van der Waals surface area contributed by atoms with E-state index in [1.54, 1.807) is 0 Å². The smallest absolute Gasteiger partial charge is 0.234 e. The average Bonchev–Trinajstić information content (AvgIpc) is 3.09. The van der Waals surface area contributed by atoms with Gasteiger partial charge in [0.05, 0.1) is 11.5 Å². The molecule has 0 bridgehead atoms. The molecule has 3 heteroatoms. The van der Waals surface area contributed by atoms with Gasteiger partial charge in [-0.25, -0.2) is 0 Å². The average molecular weight is 326 g/mol. The lowest BCUT2D eigenvalue weighted by molar-refractivity contribution is -0.140. The summed E-state index contributed by atoms with van der Waals surface area (Å²) in [5.41, 5.74) is 0.855. The van der Waals surface area contributed by atoms with E-state index in [9.17, 15) is 4.79 Å². The Bertz CT molecular complexity index is 573. The molecule has 1 aromatic rings. The molecule has 3 nitrogen and oxygen atoms in total. The van der Waals surface area contributed by atoms with Crippen LogP contribution in [0.15, 0.2) is 42.5 Å². The Morgan fingerprint density at radius 2 is 1.92 bits per heavy atom. The van der Waals surface area contributed by atoms with Crippen LogP contribution in [0.2, 0.25) is 0 Å². The Balaban J connectivity index is 1.87. The SMILES string of the molecule is CCCCC1C=CCN1C(=O)C1(c2ccccc2)CCN(C)CC1. The number of rotatable bonds is 5. The van der Waals surface area contributed by atoms with Gasteiger partial charge < -0.3 is 9.80 Å². The summed E-state index contributed by atoms with van der Waals surface area (Å²) in [6.45, 7) is 4.97. The first-order valence-corrected chi connectivity index (χ1v) is 9.39. The fourth-order valence-electron chi connectivity index (χ4n) is 4.13. The van der Waals surface area contributed by atoms with Gasteiger partial charge in [-0.15, -0.1) is 0 Å². The first-order chi connectivity index (χ1) is 11.7. The van der Waals surface area contributed by atoms with Gasteiger partial charge in [0, 0.05) is 6.54 Å². The van der Waals surface area contributed by atoms with Crippen molar-refractivity contribution in [1.82, 2.24) is 9.80 Å². The summed E-state index contributed by atoms with van der Waals surface area (Å²) in [4.78, 5) is 18.1. The number of nitrogens with zero attached hydrogens (tertiary/aromatic N) is 2. The van der Waals surface area contributed by atoms with Crippen molar-refractivity contribution in [2.75, 3.05) is 26.7 Å². The number of hydrogen-bond donors (Lipinski definition) is 0. The molecule has 2 aliphatic rings. The molecule has 24 heavy (non-hydrogen) atoms. The third-order valence-electron chi connectivity index (χ3n) is 5.75. The fourth-order valence-corrected chi connectivity index (χ4v) is 4.13. The number of carbonyl (C=O) groups is 1. The molecule has 2 aliphatic heterocycles. The fraction of sp³-hybridized carbons (Fsp3) is 0.571. The van der Waals surface area contributed by atoms with Crippen LogP contribution in [0, 0.1) is 0 Å². The van der Waals surface area contributed by atoms with Crippen LogP contribution < -0.4 is 0 Å². The molecular weight excluding hydrogens is 296 g/mol. The maximum Gasteiger partial charge on any atom is 0.234 e. The molecule has 0 spiro atoms. The zero-order chi connectivity index (χ0) is 17.0. The van der Waals surface area contributed by atoms with E-state index in [1.807, 2.05) is 6.07 Å². The summed E-state index contributed by atoms with van der Waals surface area (Å²) in [6.07, 6.45) is 9.70. The van der Waals surface area contributed by atoms with Crippen molar-refractivity contribution < 1.29 is 4.79 Å². The second kappa shape index (κ2) is 7.52. The number of benzene rings is 1. The molecular formula is C21H30N2O.